The molecule has 1 fully saturated rings. The van der Waals surface area contributed by atoms with Gasteiger partial charge >= 0.3 is 6.18 Å². The molecule has 5 nitrogen and oxygen atoms in total. The van der Waals surface area contributed by atoms with Crippen LogP contribution in [-0.4, -0.2) is 58.5 Å². The van der Waals surface area contributed by atoms with Gasteiger partial charge in [-0.2, -0.15) is 13.2 Å². The smallest absolute Gasteiger partial charge is 0.395 e. The molecule has 0 amide bonds. The lowest BCUT2D eigenvalue weighted by Crippen LogP contribution is -2.38. The summed E-state index contributed by atoms with van der Waals surface area (Å²) in [6.45, 7) is 2.97. The van der Waals surface area contributed by atoms with Gasteiger partial charge in [0, 0.05) is 18.9 Å². The van der Waals surface area contributed by atoms with Crippen LogP contribution in [-0.2, 0) is 13.1 Å². The molecule has 1 saturated heterocycles. The molecule has 8 heteroatoms. The highest BCUT2D eigenvalue weighted by Gasteiger charge is 2.28. The van der Waals surface area contributed by atoms with Gasteiger partial charge in [0.1, 0.15) is 12.4 Å². The lowest BCUT2D eigenvalue weighted by atomic mass is 9.97. The zero-order valence-electron chi connectivity index (χ0n) is 12.5. The number of alkyl halides is 3. The van der Waals surface area contributed by atoms with Gasteiger partial charge in [-0.3, -0.25) is 0 Å². The fourth-order valence-corrected chi connectivity index (χ4v) is 2.79. The number of nitrogens with zero attached hydrogens (tertiary/aromatic N) is 3. The fourth-order valence-electron chi connectivity index (χ4n) is 2.79. The van der Waals surface area contributed by atoms with Gasteiger partial charge < -0.3 is 19.9 Å². The summed E-state index contributed by atoms with van der Waals surface area (Å²) in [6, 6.07) is 0. The predicted octanol–water partition coefficient (Wildman–Crippen LogP) is 1.24. The van der Waals surface area contributed by atoms with Crippen LogP contribution in [0.25, 0.3) is 0 Å². The molecule has 0 bridgehead atoms. The molecule has 22 heavy (non-hydrogen) atoms. The molecule has 0 aliphatic carbocycles. The third-order valence-electron chi connectivity index (χ3n) is 3.99. The van der Waals surface area contributed by atoms with Crippen molar-refractivity contribution in [2.75, 3.05) is 32.8 Å². The number of piperidine rings is 1. The molecular weight excluding hydrogens is 297 g/mol. The van der Waals surface area contributed by atoms with E-state index in [-0.39, 0.29) is 6.61 Å². The second kappa shape index (κ2) is 7.94. The van der Waals surface area contributed by atoms with Gasteiger partial charge in [-0.05, 0) is 38.4 Å². The summed E-state index contributed by atoms with van der Waals surface area (Å²) in [4.78, 5) is 6.21. The second-order valence-corrected chi connectivity index (χ2v) is 5.73. The fraction of sp³-hybridized carbons (Fsp3) is 0.786. The van der Waals surface area contributed by atoms with Crippen molar-refractivity contribution in [2.45, 2.75) is 32.1 Å². The summed E-state index contributed by atoms with van der Waals surface area (Å²) in [5, 5.41) is 12.1. The van der Waals surface area contributed by atoms with Crippen LogP contribution >= 0.6 is 0 Å². The Morgan fingerprint density at radius 2 is 2.05 bits per heavy atom. The first-order chi connectivity index (χ1) is 10.5. The number of imidazole rings is 1. The Bertz CT molecular complexity index is 442. The predicted molar refractivity (Wildman–Crippen MR) is 76.2 cm³/mol. The van der Waals surface area contributed by atoms with Gasteiger partial charge in [0.05, 0.1) is 13.2 Å². The Hall–Kier alpha value is -1.12. The minimum Gasteiger partial charge on any atom is -0.395 e. The van der Waals surface area contributed by atoms with Crippen molar-refractivity contribution >= 4 is 0 Å². The summed E-state index contributed by atoms with van der Waals surface area (Å²) in [5.74, 6) is 0.941. The molecule has 126 valence electrons. The molecule has 2 N–H and O–H groups in total. The van der Waals surface area contributed by atoms with Crippen LogP contribution in [0.5, 0.6) is 0 Å². The van der Waals surface area contributed by atoms with Crippen molar-refractivity contribution in [1.82, 2.24) is 19.8 Å². The number of halogens is 3. The van der Waals surface area contributed by atoms with Crippen LogP contribution in [0, 0.1) is 5.92 Å². The third-order valence-corrected chi connectivity index (χ3v) is 3.99. The Morgan fingerprint density at radius 1 is 1.32 bits per heavy atom. The highest BCUT2D eigenvalue weighted by atomic mass is 19.4. The minimum absolute atomic E-state index is 0.185. The summed E-state index contributed by atoms with van der Waals surface area (Å²) < 4.78 is 38.4. The largest absolute Gasteiger partial charge is 0.406 e. The molecule has 1 aromatic rings. The van der Waals surface area contributed by atoms with Crippen molar-refractivity contribution in [1.29, 1.82) is 0 Å². The Labute approximate surface area is 128 Å². The van der Waals surface area contributed by atoms with E-state index in [2.05, 4.69) is 15.2 Å². The van der Waals surface area contributed by atoms with Gasteiger partial charge in [0.15, 0.2) is 0 Å². The summed E-state index contributed by atoms with van der Waals surface area (Å²) in [7, 11) is 0. The van der Waals surface area contributed by atoms with Crippen LogP contribution < -0.4 is 5.32 Å². The van der Waals surface area contributed by atoms with E-state index in [1.54, 1.807) is 0 Å². The van der Waals surface area contributed by atoms with E-state index in [4.69, 9.17) is 5.11 Å². The van der Waals surface area contributed by atoms with E-state index in [9.17, 15) is 13.2 Å². The summed E-state index contributed by atoms with van der Waals surface area (Å²) in [5.41, 5.74) is 0. The van der Waals surface area contributed by atoms with Crippen LogP contribution in [0.2, 0.25) is 0 Å². The number of β-amino-alcohol motifs (C(OH)–C–C–N with tert-alkyl or cyclic N) is 1. The second-order valence-electron chi connectivity index (χ2n) is 5.73. The standard InChI is InChI=1S/C14H23F3N4O/c15-14(16,17)11-21-6-3-19-13(21)10-18-9-12-1-4-20(5-2-12)7-8-22/h3,6,12,18,22H,1-2,4-5,7-11H2. The van der Waals surface area contributed by atoms with E-state index in [1.165, 1.54) is 12.4 Å². The molecular formula is C14H23F3N4O. The average Bonchev–Trinajstić information content (AvgIpc) is 2.86. The van der Waals surface area contributed by atoms with Crippen LogP contribution in [0.4, 0.5) is 13.2 Å². The van der Waals surface area contributed by atoms with Gasteiger partial charge in [-0.1, -0.05) is 0 Å². The zero-order chi connectivity index (χ0) is 16.0. The van der Waals surface area contributed by atoms with E-state index >= 15 is 0 Å². The Morgan fingerprint density at radius 3 is 2.68 bits per heavy atom. The molecule has 2 heterocycles. The number of hydrogen-bond acceptors (Lipinski definition) is 4. The number of nitrogens with one attached hydrogen (secondary N) is 1. The van der Waals surface area contributed by atoms with E-state index in [1.807, 2.05) is 0 Å². The first kappa shape index (κ1) is 17.2. The molecule has 0 atom stereocenters. The molecule has 0 spiro atoms. The third kappa shape index (κ3) is 5.58. The first-order valence-electron chi connectivity index (χ1n) is 7.58. The minimum atomic E-state index is -4.23. The topological polar surface area (TPSA) is 53.3 Å². The number of rotatable bonds is 7. The molecule has 1 aliphatic heterocycles. The number of hydrogen-bond donors (Lipinski definition) is 2. The number of likely N-dealkylation sites (tertiary alicyclic amines) is 1. The summed E-state index contributed by atoms with van der Waals surface area (Å²) >= 11 is 0. The molecule has 0 unspecified atom stereocenters. The Balaban J connectivity index is 1.70. The highest BCUT2D eigenvalue weighted by Crippen LogP contribution is 2.19. The van der Waals surface area contributed by atoms with E-state index in [0.717, 1.165) is 43.6 Å². The molecule has 2 rings (SSSR count). The number of aliphatic hydroxyl groups is 1. The Kier molecular flexibility index (Phi) is 6.22. The lowest BCUT2D eigenvalue weighted by molar-refractivity contribution is -0.141. The van der Waals surface area contributed by atoms with Crippen molar-refractivity contribution < 1.29 is 18.3 Å². The first-order valence-corrected chi connectivity index (χ1v) is 7.58. The van der Waals surface area contributed by atoms with E-state index in [0.29, 0.717) is 18.3 Å². The number of aliphatic hydroxyl groups excluding tert-OH is 1. The highest BCUT2D eigenvalue weighted by molar-refractivity contribution is 4.93. The van der Waals surface area contributed by atoms with Crippen molar-refractivity contribution in [3.63, 3.8) is 0 Å². The quantitative estimate of drug-likeness (QED) is 0.794. The maximum absolute atomic E-state index is 12.4. The monoisotopic (exact) mass is 320 g/mol. The lowest BCUT2D eigenvalue weighted by Gasteiger charge is -2.31. The van der Waals surface area contributed by atoms with Gasteiger partial charge in [0.2, 0.25) is 0 Å². The maximum Gasteiger partial charge on any atom is 0.406 e. The van der Waals surface area contributed by atoms with Gasteiger partial charge in [-0.25, -0.2) is 4.98 Å². The van der Waals surface area contributed by atoms with Crippen molar-refractivity contribution in [3.05, 3.63) is 18.2 Å². The van der Waals surface area contributed by atoms with Crippen LogP contribution in [0.15, 0.2) is 12.4 Å². The average molecular weight is 320 g/mol. The SMILES string of the molecule is OCCN1CCC(CNCc2nccn2CC(F)(F)F)CC1. The molecule has 1 aromatic heterocycles. The summed E-state index contributed by atoms with van der Waals surface area (Å²) in [6.07, 6.45) is 0.622. The van der Waals surface area contributed by atoms with Crippen molar-refractivity contribution in [3.8, 4) is 0 Å². The molecule has 0 saturated carbocycles. The normalized spacial score (nSPS) is 18.0. The molecule has 0 aromatic carbocycles. The maximum atomic E-state index is 12.4. The van der Waals surface area contributed by atoms with Crippen molar-refractivity contribution in [2.24, 2.45) is 5.92 Å². The van der Waals surface area contributed by atoms with Gasteiger partial charge in [-0.15, -0.1) is 0 Å². The number of aromatic nitrogens is 2. The van der Waals surface area contributed by atoms with E-state index < -0.39 is 12.7 Å². The van der Waals surface area contributed by atoms with Gasteiger partial charge in [0.25, 0.3) is 0 Å². The van der Waals surface area contributed by atoms with Crippen LogP contribution in [0.3, 0.4) is 0 Å². The molecule has 1 aliphatic rings. The molecule has 0 radical (unpaired) electrons. The zero-order valence-corrected chi connectivity index (χ0v) is 12.5. The van der Waals surface area contributed by atoms with Crippen LogP contribution in [0.1, 0.15) is 18.7 Å².